The Morgan fingerprint density at radius 2 is 1.04 bits per heavy atom. The molecule has 14 aromatic rings. The third-order valence-electron chi connectivity index (χ3n) is 14.5. The Balaban J connectivity index is 1.04. The molecule has 0 amide bonds. The summed E-state index contributed by atoms with van der Waals surface area (Å²) in [6.45, 7) is 0. The zero-order chi connectivity index (χ0) is 46.6. The van der Waals surface area contributed by atoms with Gasteiger partial charge in [-0.2, -0.15) is 0 Å². The number of nitrogens with zero attached hydrogens (tertiary/aromatic N) is 4. The molecule has 332 valence electrons. The molecule has 71 heavy (non-hydrogen) atoms. The van der Waals surface area contributed by atoms with Crippen LogP contribution < -0.4 is 5.32 Å². The lowest BCUT2D eigenvalue weighted by molar-refractivity contribution is 0.672. The second-order valence-electron chi connectivity index (χ2n) is 18.5. The van der Waals surface area contributed by atoms with Crippen LogP contribution in [0, 0.1) is 0 Å². The highest BCUT2D eigenvalue weighted by molar-refractivity contribution is 6.23. The Morgan fingerprint density at radius 3 is 1.85 bits per heavy atom. The van der Waals surface area contributed by atoms with Crippen molar-refractivity contribution in [1.29, 1.82) is 0 Å². The van der Waals surface area contributed by atoms with E-state index in [4.69, 9.17) is 14.4 Å². The normalized spacial score (nSPS) is 14.1. The summed E-state index contributed by atoms with van der Waals surface area (Å²) >= 11 is 0. The molecule has 4 heterocycles. The fourth-order valence-electron chi connectivity index (χ4n) is 11.4. The van der Waals surface area contributed by atoms with Crippen LogP contribution in [0.1, 0.15) is 22.9 Å². The van der Waals surface area contributed by atoms with Crippen molar-refractivity contribution >= 4 is 98.8 Å². The lowest BCUT2D eigenvalue weighted by atomic mass is 9.91. The second kappa shape index (κ2) is 15.5. The van der Waals surface area contributed by atoms with Crippen LogP contribution in [0.5, 0.6) is 0 Å². The molecule has 0 aliphatic carbocycles. The van der Waals surface area contributed by atoms with Gasteiger partial charge >= 0.3 is 0 Å². The summed E-state index contributed by atoms with van der Waals surface area (Å²) in [6, 6.07) is 84.6. The monoisotopic (exact) mass is 907 g/mol. The number of furan rings is 1. The van der Waals surface area contributed by atoms with E-state index in [1.807, 2.05) is 6.07 Å². The van der Waals surface area contributed by atoms with Gasteiger partial charge in [0.25, 0.3) is 0 Å². The predicted molar refractivity (Wildman–Crippen MR) is 295 cm³/mol. The number of nitrogens with one attached hydrogen (secondary N) is 1. The summed E-state index contributed by atoms with van der Waals surface area (Å²) in [5, 5.41) is 15.4. The first-order valence-corrected chi connectivity index (χ1v) is 24.2. The minimum absolute atomic E-state index is 0.548. The molecular weight excluding hydrogens is 867 g/mol. The van der Waals surface area contributed by atoms with E-state index in [1.54, 1.807) is 0 Å². The van der Waals surface area contributed by atoms with Gasteiger partial charge in [-0.05, 0) is 94.0 Å². The van der Waals surface area contributed by atoms with Crippen molar-refractivity contribution in [1.82, 2.24) is 14.5 Å². The van der Waals surface area contributed by atoms with E-state index in [9.17, 15) is 0 Å². The molecule has 1 N–H and O–H groups in total. The Kier molecular flexibility index (Phi) is 8.62. The number of benzene rings is 11. The van der Waals surface area contributed by atoms with Crippen molar-refractivity contribution in [2.24, 2.45) is 9.98 Å². The van der Waals surface area contributed by atoms with Gasteiger partial charge in [0.2, 0.25) is 0 Å². The molecule has 1 unspecified atom stereocenters. The van der Waals surface area contributed by atoms with Crippen LogP contribution in [0.2, 0.25) is 0 Å². The highest BCUT2D eigenvalue weighted by Gasteiger charge is 2.28. The molecule has 0 radical (unpaired) electrons. The SMILES string of the molecule is c1ccc(C2=NC(c3cccc4c5ccccc5n(-c5ccccc5)c34)=NC(c3ccc(-n4c5ccccc5c5cc6ccccc6cc54)cc3-c3cc4ccccc4c4oc5ccccc5c34)N2)cc1. The minimum Gasteiger partial charge on any atom is -0.455 e. The van der Waals surface area contributed by atoms with Gasteiger partial charge in [0.15, 0.2) is 5.84 Å². The van der Waals surface area contributed by atoms with Gasteiger partial charge in [0.05, 0.1) is 22.1 Å². The summed E-state index contributed by atoms with van der Waals surface area (Å²) in [4.78, 5) is 11.2. The standard InChI is InChI=1S/C65H41N5O/c1-3-18-40(19-4-1)63-66-64(68-65(67-63)52-30-17-29-49-47-26-11-15-32-57(47)70(61(49)52)44-23-5-2-6-24-44)50-35-34-45(69-56-31-14-12-27-48(56)54-36-41-20-7-8-21-42(41)38-58(54)69)39-53(50)55-37-43-22-9-10-25-46(43)62-60(55)51-28-13-16-33-59(51)71-62/h1-39,64H,(H,66,67,68). The second-order valence-corrected chi connectivity index (χ2v) is 18.5. The number of aromatic nitrogens is 2. The number of rotatable bonds is 6. The average molecular weight is 908 g/mol. The number of amidine groups is 2. The van der Waals surface area contributed by atoms with Crippen molar-refractivity contribution in [2.75, 3.05) is 0 Å². The lowest BCUT2D eigenvalue weighted by Crippen LogP contribution is -2.34. The number of fused-ring (bicyclic) bond motifs is 12. The van der Waals surface area contributed by atoms with Gasteiger partial charge < -0.3 is 18.9 Å². The molecule has 0 saturated carbocycles. The molecule has 6 nitrogen and oxygen atoms in total. The number of hydrogen-bond acceptors (Lipinski definition) is 4. The first-order valence-electron chi connectivity index (χ1n) is 24.2. The average Bonchev–Trinajstić information content (AvgIpc) is 4.11. The topological polar surface area (TPSA) is 59.8 Å². The molecule has 11 aromatic carbocycles. The van der Waals surface area contributed by atoms with Crippen molar-refractivity contribution in [3.8, 4) is 22.5 Å². The Bertz CT molecular complexity index is 4560. The van der Waals surface area contributed by atoms with Crippen LogP contribution in [0.25, 0.3) is 110 Å². The molecule has 1 atom stereocenters. The Morgan fingerprint density at radius 1 is 0.408 bits per heavy atom. The maximum absolute atomic E-state index is 6.87. The van der Waals surface area contributed by atoms with Gasteiger partial charge in [0, 0.05) is 65.8 Å². The van der Waals surface area contributed by atoms with Crippen LogP contribution in [0.15, 0.2) is 251 Å². The third-order valence-corrected chi connectivity index (χ3v) is 14.5. The number of para-hydroxylation sites is 5. The summed E-state index contributed by atoms with van der Waals surface area (Å²) in [6.07, 6.45) is -0.548. The zero-order valence-corrected chi connectivity index (χ0v) is 38.3. The quantitative estimate of drug-likeness (QED) is 0.181. The van der Waals surface area contributed by atoms with Crippen molar-refractivity contribution in [3.63, 3.8) is 0 Å². The van der Waals surface area contributed by atoms with Gasteiger partial charge in [-0.3, -0.25) is 0 Å². The molecule has 1 aliphatic heterocycles. The Hall–Kier alpha value is -9.52. The van der Waals surface area contributed by atoms with E-state index < -0.39 is 6.17 Å². The molecule has 1 aliphatic rings. The largest absolute Gasteiger partial charge is 0.455 e. The van der Waals surface area contributed by atoms with Gasteiger partial charge in [-0.1, -0.05) is 170 Å². The fourth-order valence-corrected chi connectivity index (χ4v) is 11.4. The molecule has 0 saturated heterocycles. The van der Waals surface area contributed by atoms with Crippen LogP contribution >= 0.6 is 0 Å². The first-order chi connectivity index (χ1) is 35.2. The molecule has 3 aromatic heterocycles. The van der Waals surface area contributed by atoms with Crippen LogP contribution in [-0.2, 0) is 0 Å². The minimum atomic E-state index is -0.548. The first kappa shape index (κ1) is 39.5. The lowest BCUT2D eigenvalue weighted by Gasteiger charge is -2.26. The molecule has 6 heteroatoms. The Labute approximate surface area is 407 Å². The molecule has 0 spiro atoms. The van der Waals surface area contributed by atoms with Gasteiger partial charge in [0.1, 0.15) is 23.2 Å². The smallest absolute Gasteiger partial charge is 0.161 e. The van der Waals surface area contributed by atoms with E-state index >= 15 is 0 Å². The maximum Gasteiger partial charge on any atom is 0.161 e. The van der Waals surface area contributed by atoms with Crippen LogP contribution in [0.4, 0.5) is 0 Å². The zero-order valence-electron chi connectivity index (χ0n) is 38.3. The van der Waals surface area contributed by atoms with E-state index in [0.717, 1.165) is 105 Å². The van der Waals surface area contributed by atoms with Crippen LogP contribution in [-0.4, -0.2) is 20.8 Å². The van der Waals surface area contributed by atoms with Gasteiger partial charge in [-0.25, -0.2) is 9.98 Å². The molecular formula is C65H41N5O. The summed E-state index contributed by atoms with van der Waals surface area (Å²) < 4.78 is 11.7. The molecule has 15 rings (SSSR count). The van der Waals surface area contributed by atoms with Gasteiger partial charge in [-0.15, -0.1) is 0 Å². The summed E-state index contributed by atoms with van der Waals surface area (Å²) in [5.41, 5.74) is 13.4. The summed E-state index contributed by atoms with van der Waals surface area (Å²) in [7, 11) is 0. The van der Waals surface area contributed by atoms with E-state index in [2.05, 4.69) is 245 Å². The molecule has 0 fully saturated rings. The van der Waals surface area contributed by atoms with E-state index in [1.165, 1.54) is 26.9 Å². The van der Waals surface area contributed by atoms with Crippen LogP contribution in [0.3, 0.4) is 0 Å². The third kappa shape index (κ3) is 6.08. The highest BCUT2D eigenvalue weighted by atomic mass is 16.3. The van der Waals surface area contributed by atoms with Crippen molar-refractivity contribution in [2.45, 2.75) is 6.17 Å². The maximum atomic E-state index is 6.87. The summed E-state index contributed by atoms with van der Waals surface area (Å²) in [5.74, 6) is 1.40. The van der Waals surface area contributed by atoms with E-state index in [-0.39, 0.29) is 0 Å². The van der Waals surface area contributed by atoms with Crippen molar-refractivity contribution in [3.05, 3.63) is 253 Å². The van der Waals surface area contributed by atoms with Crippen molar-refractivity contribution < 1.29 is 4.42 Å². The highest BCUT2D eigenvalue weighted by Crippen LogP contribution is 2.45. The van der Waals surface area contributed by atoms with E-state index in [0.29, 0.717) is 5.84 Å². The number of hydrogen-bond donors (Lipinski definition) is 1. The number of aliphatic imine (C=N–C) groups is 2. The predicted octanol–water partition coefficient (Wildman–Crippen LogP) is 16.2. The fraction of sp³-hybridized carbons (Fsp3) is 0.0154. The molecule has 0 bridgehead atoms.